The van der Waals surface area contributed by atoms with Gasteiger partial charge in [0.15, 0.2) is 0 Å². The summed E-state index contributed by atoms with van der Waals surface area (Å²) in [5, 5.41) is 9.65. The van der Waals surface area contributed by atoms with Crippen LogP contribution in [-0.4, -0.2) is 34.3 Å². The van der Waals surface area contributed by atoms with Gasteiger partial charge in [-0.15, -0.1) is 0 Å². The molecule has 4 nitrogen and oxygen atoms in total. The van der Waals surface area contributed by atoms with E-state index >= 15 is 0 Å². The van der Waals surface area contributed by atoms with Crippen molar-refractivity contribution in [3.8, 4) is 0 Å². The predicted molar refractivity (Wildman–Crippen MR) is 91.8 cm³/mol. The van der Waals surface area contributed by atoms with Gasteiger partial charge >= 0.3 is 6.09 Å². The highest BCUT2D eigenvalue weighted by Crippen LogP contribution is 2.30. The van der Waals surface area contributed by atoms with Gasteiger partial charge in [0.1, 0.15) is 5.60 Å². The zero-order valence-electron chi connectivity index (χ0n) is 14.0. The Kier molecular flexibility index (Phi) is 6.88. The third-order valence-electron chi connectivity index (χ3n) is 3.45. The molecule has 0 aliphatic carbocycles. The number of rotatable bonds is 5. The molecule has 0 aliphatic heterocycles. The minimum absolute atomic E-state index is 0.0927. The van der Waals surface area contributed by atoms with Gasteiger partial charge in [-0.1, -0.05) is 41.1 Å². The molecule has 124 valence electrons. The van der Waals surface area contributed by atoms with Crippen LogP contribution in [0.3, 0.4) is 0 Å². The minimum atomic E-state index is -0.573. The van der Waals surface area contributed by atoms with Gasteiger partial charge < -0.3 is 9.84 Å². The van der Waals surface area contributed by atoms with E-state index in [0.29, 0.717) is 6.42 Å². The van der Waals surface area contributed by atoms with Gasteiger partial charge in [0.2, 0.25) is 0 Å². The zero-order valence-corrected chi connectivity index (χ0v) is 15.6. The van der Waals surface area contributed by atoms with Crippen molar-refractivity contribution in [1.82, 2.24) is 4.90 Å². The number of ether oxygens (including phenoxy) is 1. The number of carbonyl (C=O) groups excluding carboxylic acids is 1. The molecular weight excluding hydrogens is 346 g/mol. The van der Waals surface area contributed by atoms with Crippen molar-refractivity contribution in [2.75, 3.05) is 6.61 Å². The van der Waals surface area contributed by atoms with E-state index in [0.717, 1.165) is 10.0 Å². The van der Waals surface area contributed by atoms with E-state index in [1.54, 1.807) is 4.90 Å². The number of halogens is 1. The smallest absolute Gasteiger partial charge is 0.411 e. The highest BCUT2D eigenvalue weighted by molar-refractivity contribution is 9.10. The van der Waals surface area contributed by atoms with Gasteiger partial charge in [0.05, 0.1) is 18.7 Å². The molecule has 1 aromatic carbocycles. The number of amides is 1. The second kappa shape index (κ2) is 7.97. The molecule has 1 N–H and O–H groups in total. The zero-order chi connectivity index (χ0) is 16.9. The Morgan fingerprint density at radius 2 is 1.95 bits per heavy atom. The van der Waals surface area contributed by atoms with Crippen LogP contribution >= 0.6 is 15.9 Å². The lowest BCUT2D eigenvalue weighted by Gasteiger charge is -2.37. The Bertz CT molecular complexity index is 495. The molecular formula is C17H26BrNO3. The number of carbonyl (C=O) groups is 1. The topological polar surface area (TPSA) is 49.8 Å². The van der Waals surface area contributed by atoms with E-state index in [4.69, 9.17) is 4.74 Å². The highest BCUT2D eigenvalue weighted by atomic mass is 79.9. The van der Waals surface area contributed by atoms with Crippen LogP contribution in [0.5, 0.6) is 0 Å². The summed E-state index contributed by atoms with van der Waals surface area (Å²) in [7, 11) is 0. The van der Waals surface area contributed by atoms with E-state index in [1.807, 2.05) is 58.9 Å². The largest absolute Gasteiger partial charge is 0.444 e. The predicted octanol–water partition coefficient (Wildman–Crippen LogP) is 4.52. The van der Waals surface area contributed by atoms with Gasteiger partial charge in [-0.3, -0.25) is 4.90 Å². The van der Waals surface area contributed by atoms with Gasteiger partial charge in [-0.2, -0.15) is 0 Å². The van der Waals surface area contributed by atoms with E-state index < -0.39 is 11.7 Å². The van der Waals surface area contributed by atoms with Crippen LogP contribution in [0.25, 0.3) is 0 Å². The van der Waals surface area contributed by atoms with E-state index in [9.17, 15) is 9.90 Å². The molecule has 0 heterocycles. The van der Waals surface area contributed by atoms with E-state index in [1.165, 1.54) is 0 Å². The van der Waals surface area contributed by atoms with Gasteiger partial charge in [-0.05, 0) is 45.7 Å². The summed E-state index contributed by atoms with van der Waals surface area (Å²) >= 11 is 3.53. The second-order valence-corrected chi connectivity index (χ2v) is 7.18. The monoisotopic (exact) mass is 371 g/mol. The Labute approximate surface area is 141 Å². The molecule has 0 spiro atoms. The molecule has 0 saturated heterocycles. The maximum Gasteiger partial charge on any atom is 0.411 e. The Hall–Kier alpha value is -1.07. The molecule has 2 unspecified atom stereocenters. The molecule has 22 heavy (non-hydrogen) atoms. The lowest BCUT2D eigenvalue weighted by molar-refractivity contribution is -0.00216. The average molecular weight is 372 g/mol. The summed E-state index contributed by atoms with van der Waals surface area (Å²) in [6.07, 6.45) is 0.251. The quantitative estimate of drug-likeness (QED) is 0.827. The van der Waals surface area contributed by atoms with Crippen LogP contribution in [0.4, 0.5) is 4.79 Å². The highest BCUT2D eigenvalue weighted by Gasteiger charge is 2.32. The average Bonchev–Trinajstić information content (AvgIpc) is 2.42. The van der Waals surface area contributed by atoms with Gasteiger partial charge in [0.25, 0.3) is 0 Å². The lowest BCUT2D eigenvalue weighted by Crippen LogP contribution is -2.46. The van der Waals surface area contributed by atoms with Crippen molar-refractivity contribution in [2.45, 2.75) is 58.7 Å². The summed E-state index contributed by atoms with van der Waals surface area (Å²) in [5.74, 6) is 0. The number of benzene rings is 1. The molecule has 0 fully saturated rings. The number of aliphatic hydroxyl groups is 1. The van der Waals surface area contributed by atoms with Crippen molar-refractivity contribution in [1.29, 1.82) is 0 Å². The minimum Gasteiger partial charge on any atom is -0.444 e. The molecule has 0 bridgehead atoms. The Morgan fingerprint density at radius 3 is 2.41 bits per heavy atom. The molecule has 5 heteroatoms. The van der Waals surface area contributed by atoms with Crippen LogP contribution in [0, 0.1) is 0 Å². The maximum atomic E-state index is 12.6. The number of aliphatic hydroxyl groups excluding tert-OH is 1. The van der Waals surface area contributed by atoms with Crippen molar-refractivity contribution < 1.29 is 14.6 Å². The number of hydrogen-bond donors (Lipinski definition) is 1. The molecule has 0 aliphatic rings. The molecule has 0 saturated carbocycles. The molecule has 2 atom stereocenters. The van der Waals surface area contributed by atoms with Crippen molar-refractivity contribution in [3.63, 3.8) is 0 Å². The normalized spacial score (nSPS) is 14.3. The summed E-state index contributed by atoms with van der Waals surface area (Å²) in [6, 6.07) is 7.29. The summed E-state index contributed by atoms with van der Waals surface area (Å²) in [4.78, 5) is 14.3. The number of nitrogens with zero attached hydrogens (tertiary/aromatic N) is 1. The Morgan fingerprint density at radius 1 is 1.36 bits per heavy atom. The Balaban J connectivity index is 3.15. The van der Waals surface area contributed by atoms with Crippen LogP contribution < -0.4 is 0 Å². The van der Waals surface area contributed by atoms with Crippen molar-refractivity contribution >= 4 is 22.0 Å². The van der Waals surface area contributed by atoms with Crippen LogP contribution in [0.2, 0.25) is 0 Å². The summed E-state index contributed by atoms with van der Waals surface area (Å²) in [5.41, 5.74) is 0.414. The first-order valence-electron chi connectivity index (χ1n) is 7.57. The molecule has 0 radical (unpaired) electrons. The SMILES string of the molecule is CCC(CO)N(C(=O)OC(C)(C)C)C(C)c1ccccc1Br. The number of hydrogen-bond acceptors (Lipinski definition) is 3. The third kappa shape index (κ3) is 4.99. The first kappa shape index (κ1) is 19.0. The van der Waals surface area contributed by atoms with E-state index in [2.05, 4.69) is 15.9 Å². The molecule has 1 amide bonds. The first-order chi connectivity index (χ1) is 10.2. The fraction of sp³-hybridized carbons (Fsp3) is 0.588. The standard InChI is InChI=1S/C17H26BrNO3/c1-6-13(11-20)19(16(21)22-17(3,4)5)12(2)14-9-7-8-10-15(14)18/h7-10,12-13,20H,6,11H2,1-5H3. The van der Waals surface area contributed by atoms with Crippen molar-refractivity contribution in [3.05, 3.63) is 34.3 Å². The van der Waals surface area contributed by atoms with Crippen molar-refractivity contribution in [2.24, 2.45) is 0 Å². The van der Waals surface area contributed by atoms with Crippen LogP contribution in [0.15, 0.2) is 28.7 Å². The fourth-order valence-electron chi connectivity index (χ4n) is 2.32. The lowest BCUT2D eigenvalue weighted by atomic mass is 10.0. The fourth-order valence-corrected chi connectivity index (χ4v) is 2.93. The maximum absolute atomic E-state index is 12.6. The summed E-state index contributed by atoms with van der Waals surface area (Å²) in [6.45, 7) is 9.32. The van der Waals surface area contributed by atoms with Crippen LogP contribution in [-0.2, 0) is 4.74 Å². The van der Waals surface area contributed by atoms with Gasteiger partial charge in [-0.25, -0.2) is 4.79 Å². The molecule has 1 rings (SSSR count). The van der Waals surface area contributed by atoms with E-state index in [-0.39, 0.29) is 18.7 Å². The summed E-state index contributed by atoms with van der Waals surface area (Å²) < 4.78 is 6.46. The molecule has 1 aromatic rings. The third-order valence-corrected chi connectivity index (χ3v) is 4.17. The first-order valence-corrected chi connectivity index (χ1v) is 8.37. The van der Waals surface area contributed by atoms with Crippen LogP contribution in [0.1, 0.15) is 52.6 Å². The van der Waals surface area contributed by atoms with Gasteiger partial charge in [0, 0.05) is 4.47 Å². The molecule has 0 aromatic heterocycles. The second-order valence-electron chi connectivity index (χ2n) is 6.33.